The summed E-state index contributed by atoms with van der Waals surface area (Å²) in [6.07, 6.45) is 3.66. The first-order valence-electron chi connectivity index (χ1n) is 11.6. The van der Waals surface area contributed by atoms with Gasteiger partial charge in [-0.05, 0) is 68.4 Å². The minimum absolute atomic E-state index is 0.0777. The molecule has 1 fully saturated rings. The number of unbranched alkanes of at least 4 members (excludes halogenated alkanes) is 2. The lowest BCUT2D eigenvalue weighted by atomic mass is 10.1. The normalized spacial score (nSPS) is 16.6. The third-order valence-electron chi connectivity index (χ3n) is 6.16. The van der Waals surface area contributed by atoms with Crippen LogP contribution in [0.25, 0.3) is 0 Å². The van der Waals surface area contributed by atoms with Crippen molar-refractivity contribution in [3.8, 4) is 5.75 Å². The molecule has 2 aliphatic rings. The van der Waals surface area contributed by atoms with Crippen molar-refractivity contribution < 1.29 is 27.1 Å². The molecule has 1 saturated carbocycles. The molecule has 1 N–H and O–H groups in total. The Hall–Kier alpha value is -2.78. The van der Waals surface area contributed by atoms with Crippen LogP contribution in [0.5, 0.6) is 5.75 Å². The van der Waals surface area contributed by atoms with Crippen LogP contribution >= 0.6 is 0 Å². The summed E-state index contributed by atoms with van der Waals surface area (Å²) in [5.41, 5.74) is 1.45. The number of hydrogen-bond acceptors (Lipinski definition) is 5. The predicted molar refractivity (Wildman–Crippen MR) is 126 cm³/mol. The second kappa shape index (κ2) is 10.2. The largest absolute Gasteiger partial charge is 0.490 e. The number of carbonyl (C=O) groups excluding carboxylic acids is 2. The molecule has 4 rings (SSSR count). The molecule has 0 spiro atoms. The standard InChI is InChI=1S/C25H29FN2O5S/c1-17(19-11-12-22(26)23(15-19)33-16-18-9-10-18)27-34(31,32)14-6-2-5-13-28-24(29)20-7-3-4-8-21(20)25(28)30/h3-4,7-8,11-12,15,17-18,27H,2,5-6,9-10,13-14,16H2,1H3. The summed E-state index contributed by atoms with van der Waals surface area (Å²) >= 11 is 0. The molecule has 1 atom stereocenters. The van der Waals surface area contributed by atoms with E-state index in [9.17, 15) is 22.4 Å². The number of imide groups is 1. The summed E-state index contributed by atoms with van der Waals surface area (Å²) in [5, 5.41) is 0. The van der Waals surface area contributed by atoms with Crippen LogP contribution in [0.1, 0.15) is 71.3 Å². The molecule has 182 valence electrons. The zero-order valence-corrected chi connectivity index (χ0v) is 19.9. The van der Waals surface area contributed by atoms with Gasteiger partial charge in [0, 0.05) is 12.6 Å². The van der Waals surface area contributed by atoms with E-state index in [2.05, 4.69) is 4.72 Å². The zero-order valence-electron chi connectivity index (χ0n) is 19.1. The second-order valence-corrected chi connectivity index (χ2v) is 10.8. The van der Waals surface area contributed by atoms with E-state index in [0.29, 0.717) is 48.5 Å². The zero-order chi connectivity index (χ0) is 24.3. The molecule has 0 aromatic heterocycles. The highest BCUT2D eigenvalue weighted by Gasteiger charge is 2.34. The molecule has 7 nitrogen and oxygen atoms in total. The van der Waals surface area contributed by atoms with Gasteiger partial charge < -0.3 is 4.74 Å². The predicted octanol–water partition coefficient (Wildman–Crippen LogP) is 4.06. The molecule has 2 aromatic carbocycles. The molecule has 1 heterocycles. The molecular weight excluding hydrogens is 459 g/mol. The fraction of sp³-hybridized carbons (Fsp3) is 0.440. The van der Waals surface area contributed by atoms with Gasteiger partial charge in [0.25, 0.3) is 11.8 Å². The molecule has 2 aromatic rings. The van der Waals surface area contributed by atoms with Crippen molar-refractivity contribution in [3.63, 3.8) is 0 Å². The third-order valence-corrected chi connectivity index (χ3v) is 7.69. The third kappa shape index (κ3) is 5.82. The number of sulfonamides is 1. The molecule has 1 aliphatic carbocycles. The summed E-state index contributed by atoms with van der Waals surface area (Å²) in [6, 6.07) is 10.6. The van der Waals surface area contributed by atoms with Gasteiger partial charge in [-0.25, -0.2) is 17.5 Å². The summed E-state index contributed by atoms with van der Waals surface area (Å²) in [7, 11) is -3.56. The molecule has 2 amide bonds. The lowest BCUT2D eigenvalue weighted by Crippen LogP contribution is -2.31. The quantitative estimate of drug-likeness (QED) is 0.359. The Morgan fingerprint density at radius 3 is 2.38 bits per heavy atom. The van der Waals surface area contributed by atoms with Crippen molar-refractivity contribution in [2.75, 3.05) is 18.9 Å². The van der Waals surface area contributed by atoms with Crippen molar-refractivity contribution >= 4 is 21.8 Å². The first-order chi connectivity index (χ1) is 16.2. The van der Waals surface area contributed by atoms with Crippen LogP contribution in [0.4, 0.5) is 4.39 Å². The topological polar surface area (TPSA) is 92.8 Å². The van der Waals surface area contributed by atoms with Crippen LogP contribution in [-0.4, -0.2) is 44.0 Å². The van der Waals surface area contributed by atoms with Crippen LogP contribution in [0.2, 0.25) is 0 Å². The number of nitrogens with one attached hydrogen (secondary N) is 1. The second-order valence-electron chi connectivity index (χ2n) is 8.97. The number of hydrogen-bond donors (Lipinski definition) is 1. The van der Waals surface area contributed by atoms with E-state index in [1.54, 1.807) is 43.3 Å². The van der Waals surface area contributed by atoms with Crippen LogP contribution in [0, 0.1) is 11.7 Å². The Morgan fingerprint density at radius 1 is 1.06 bits per heavy atom. The number of nitrogens with zero attached hydrogens (tertiary/aromatic N) is 1. The van der Waals surface area contributed by atoms with Crippen molar-refractivity contribution in [3.05, 3.63) is 65.0 Å². The number of ether oxygens (including phenoxy) is 1. The fourth-order valence-corrected chi connectivity index (χ4v) is 5.35. The Kier molecular flexibility index (Phi) is 7.33. The van der Waals surface area contributed by atoms with E-state index in [1.807, 2.05) is 0 Å². The first kappa shape index (κ1) is 24.3. The molecule has 1 aliphatic heterocycles. The first-order valence-corrected chi connectivity index (χ1v) is 13.3. The van der Waals surface area contributed by atoms with Crippen LogP contribution in [-0.2, 0) is 10.0 Å². The fourth-order valence-electron chi connectivity index (χ4n) is 3.97. The van der Waals surface area contributed by atoms with Gasteiger partial charge in [0.15, 0.2) is 11.6 Å². The van der Waals surface area contributed by atoms with E-state index in [4.69, 9.17) is 4.74 Å². The van der Waals surface area contributed by atoms with Crippen molar-refractivity contribution in [2.24, 2.45) is 5.92 Å². The highest BCUT2D eigenvalue weighted by atomic mass is 32.2. The molecule has 0 saturated heterocycles. The molecular formula is C25H29FN2O5S. The van der Waals surface area contributed by atoms with E-state index in [0.717, 1.165) is 12.8 Å². The van der Waals surface area contributed by atoms with Crippen molar-refractivity contribution in [1.29, 1.82) is 0 Å². The van der Waals surface area contributed by atoms with Gasteiger partial charge in [0.05, 0.1) is 23.5 Å². The molecule has 9 heteroatoms. The van der Waals surface area contributed by atoms with Gasteiger partial charge in [0.2, 0.25) is 10.0 Å². The summed E-state index contributed by atoms with van der Waals surface area (Å²) < 4.78 is 47.2. The number of rotatable bonds is 12. The van der Waals surface area contributed by atoms with Crippen LogP contribution in [0.3, 0.4) is 0 Å². The molecule has 0 bridgehead atoms. The average molecular weight is 489 g/mol. The average Bonchev–Trinajstić information content (AvgIpc) is 3.60. The van der Waals surface area contributed by atoms with Crippen LogP contribution in [0.15, 0.2) is 42.5 Å². The maximum absolute atomic E-state index is 14.0. The highest BCUT2D eigenvalue weighted by molar-refractivity contribution is 7.89. The highest BCUT2D eigenvalue weighted by Crippen LogP contribution is 2.31. The van der Waals surface area contributed by atoms with E-state index in [1.165, 1.54) is 11.0 Å². The van der Waals surface area contributed by atoms with Crippen molar-refractivity contribution in [1.82, 2.24) is 9.62 Å². The maximum Gasteiger partial charge on any atom is 0.261 e. The molecule has 1 unspecified atom stereocenters. The number of halogens is 1. The minimum atomic E-state index is -3.56. The molecule has 0 radical (unpaired) electrons. The number of carbonyl (C=O) groups is 2. The van der Waals surface area contributed by atoms with E-state index in [-0.39, 0.29) is 29.9 Å². The monoisotopic (exact) mass is 488 g/mol. The maximum atomic E-state index is 14.0. The lowest BCUT2D eigenvalue weighted by molar-refractivity contribution is 0.0651. The van der Waals surface area contributed by atoms with Gasteiger partial charge in [-0.2, -0.15) is 0 Å². The van der Waals surface area contributed by atoms with Gasteiger partial charge >= 0.3 is 0 Å². The Morgan fingerprint density at radius 2 is 1.74 bits per heavy atom. The van der Waals surface area contributed by atoms with E-state index >= 15 is 0 Å². The van der Waals surface area contributed by atoms with Gasteiger partial charge in [0.1, 0.15) is 0 Å². The number of benzene rings is 2. The Balaban J connectivity index is 1.22. The number of amides is 2. The summed E-state index contributed by atoms with van der Waals surface area (Å²) in [5.74, 6) is -0.518. The van der Waals surface area contributed by atoms with E-state index < -0.39 is 21.9 Å². The minimum Gasteiger partial charge on any atom is -0.490 e. The smallest absolute Gasteiger partial charge is 0.261 e. The SMILES string of the molecule is CC(NS(=O)(=O)CCCCCN1C(=O)c2ccccc2C1=O)c1ccc(F)c(OCC2CC2)c1. The summed E-state index contributed by atoms with van der Waals surface area (Å²) in [4.78, 5) is 26.0. The lowest BCUT2D eigenvalue weighted by Gasteiger charge is -2.17. The van der Waals surface area contributed by atoms with Crippen LogP contribution < -0.4 is 9.46 Å². The summed E-state index contributed by atoms with van der Waals surface area (Å²) in [6.45, 7) is 2.44. The van der Waals surface area contributed by atoms with Gasteiger partial charge in [-0.1, -0.05) is 24.6 Å². The Labute approximate surface area is 199 Å². The van der Waals surface area contributed by atoms with Gasteiger partial charge in [-0.3, -0.25) is 14.5 Å². The van der Waals surface area contributed by atoms with Gasteiger partial charge in [-0.15, -0.1) is 0 Å². The Bertz CT molecular complexity index is 1140. The number of fused-ring (bicyclic) bond motifs is 1. The van der Waals surface area contributed by atoms with Crippen molar-refractivity contribution in [2.45, 2.75) is 45.1 Å². The molecule has 34 heavy (non-hydrogen) atoms.